The maximum atomic E-state index is 10.2. The lowest BCUT2D eigenvalue weighted by molar-refractivity contribution is -0.256. The summed E-state index contributed by atoms with van der Waals surface area (Å²) in [6, 6.07) is -1.34. The van der Waals surface area contributed by atoms with Gasteiger partial charge in [-0.2, -0.15) is 0 Å². The van der Waals surface area contributed by atoms with Gasteiger partial charge in [-0.15, -0.1) is 0 Å². The van der Waals surface area contributed by atoms with Crippen LogP contribution in [0, 0.1) is 5.92 Å². The molecule has 10 N–H and O–H groups in total. The predicted molar refractivity (Wildman–Crippen MR) is 84.0 cm³/mol. The lowest BCUT2D eigenvalue weighted by Crippen LogP contribution is -2.64. The van der Waals surface area contributed by atoms with Crippen molar-refractivity contribution >= 4 is 0 Å². The number of ether oxygens (including phenoxy) is 2. The number of rotatable bonds is 4. The van der Waals surface area contributed by atoms with E-state index >= 15 is 0 Å². The van der Waals surface area contributed by atoms with Gasteiger partial charge < -0.3 is 42.6 Å². The molecule has 134 valence electrons. The zero-order chi connectivity index (χ0) is 16.7. The largest absolute Gasteiger partial charge is 0.389 e. The molecular formula is C15H30N4O4. The van der Waals surface area contributed by atoms with Crippen LogP contribution in [0.5, 0.6) is 0 Å². The third kappa shape index (κ3) is 3.69. The van der Waals surface area contributed by atoms with Crippen LogP contribution in [0.4, 0.5) is 0 Å². The van der Waals surface area contributed by atoms with Gasteiger partial charge in [0.25, 0.3) is 0 Å². The molecule has 0 aromatic carbocycles. The van der Waals surface area contributed by atoms with Gasteiger partial charge in [0.1, 0.15) is 12.2 Å². The molecule has 0 aromatic heterocycles. The van der Waals surface area contributed by atoms with E-state index in [4.69, 9.17) is 32.4 Å². The standard InChI is InChI=1S/C15H30N4O4/c16-7-3-4-10(11(19)6-1-2-6)22-15(7)23-14-9(18)5-8(17)12(20)13(14)21/h6-15,20-21H,1-5,16-19H2/t7-,8+,9-,10?,11+,12-,13+,14+,15+/m0/s1. The summed E-state index contributed by atoms with van der Waals surface area (Å²) in [5.74, 6) is 0.525. The first-order valence-electron chi connectivity index (χ1n) is 8.58. The lowest BCUT2D eigenvalue weighted by atomic mass is 9.84. The van der Waals surface area contributed by atoms with Crippen molar-refractivity contribution in [3.05, 3.63) is 0 Å². The maximum Gasteiger partial charge on any atom is 0.173 e. The fourth-order valence-electron chi connectivity index (χ4n) is 3.66. The van der Waals surface area contributed by atoms with Crippen LogP contribution in [-0.4, -0.2) is 65.1 Å². The molecule has 8 heteroatoms. The van der Waals surface area contributed by atoms with Crippen molar-refractivity contribution in [2.24, 2.45) is 28.9 Å². The molecule has 0 spiro atoms. The van der Waals surface area contributed by atoms with Crippen LogP contribution in [0.3, 0.4) is 0 Å². The molecule has 0 aromatic rings. The second-order valence-electron chi connectivity index (χ2n) is 7.34. The van der Waals surface area contributed by atoms with Gasteiger partial charge in [-0.1, -0.05) is 0 Å². The molecule has 3 fully saturated rings. The van der Waals surface area contributed by atoms with E-state index in [1.807, 2.05) is 0 Å². The summed E-state index contributed by atoms with van der Waals surface area (Å²) in [4.78, 5) is 0. The minimum atomic E-state index is -1.15. The minimum Gasteiger partial charge on any atom is -0.389 e. The second-order valence-corrected chi connectivity index (χ2v) is 7.34. The molecule has 3 rings (SSSR count). The molecule has 2 aliphatic carbocycles. The molecule has 3 aliphatic rings. The van der Waals surface area contributed by atoms with Crippen LogP contribution < -0.4 is 22.9 Å². The minimum absolute atomic E-state index is 0.00225. The average Bonchev–Trinajstić information content (AvgIpc) is 3.35. The monoisotopic (exact) mass is 330 g/mol. The summed E-state index contributed by atoms with van der Waals surface area (Å²) in [6.07, 6.45) is 0.492. The Morgan fingerprint density at radius 2 is 1.61 bits per heavy atom. The highest BCUT2D eigenvalue weighted by molar-refractivity contribution is 4.98. The van der Waals surface area contributed by atoms with E-state index < -0.39 is 36.7 Å². The van der Waals surface area contributed by atoms with Crippen molar-refractivity contribution in [3.63, 3.8) is 0 Å². The Hall–Kier alpha value is -0.320. The normalized spacial score (nSPS) is 49.8. The van der Waals surface area contributed by atoms with E-state index in [0.29, 0.717) is 12.3 Å². The second kappa shape index (κ2) is 6.89. The Balaban J connectivity index is 1.62. The van der Waals surface area contributed by atoms with Gasteiger partial charge in [-0.3, -0.25) is 0 Å². The van der Waals surface area contributed by atoms with Crippen molar-refractivity contribution in [1.29, 1.82) is 0 Å². The molecule has 1 aliphatic heterocycles. The van der Waals surface area contributed by atoms with Crippen LogP contribution in [0.1, 0.15) is 32.1 Å². The van der Waals surface area contributed by atoms with Crippen molar-refractivity contribution in [2.75, 3.05) is 0 Å². The molecule has 1 saturated heterocycles. The molecule has 23 heavy (non-hydrogen) atoms. The Labute approximate surface area is 136 Å². The van der Waals surface area contributed by atoms with Crippen LogP contribution in [0.15, 0.2) is 0 Å². The third-order valence-electron chi connectivity index (χ3n) is 5.42. The molecule has 0 amide bonds. The van der Waals surface area contributed by atoms with Crippen molar-refractivity contribution in [2.45, 2.75) is 87.0 Å². The van der Waals surface area contributed by atoms with Gasteiger partial charge in [-0.05, 0) is 38.0 Å². The zero-order valence-electron chi connectivity index (χ0n) is 13.3. The van der Waals surface area contributed by atoms with Crippen molar-refractivity contribution in [3.8, 4) is 0 Å². The van der Waals surface area contributed by atoms with E-state index in [2.05, 4.69) is 0 Å². The van der Waals surface area contributed by atoms with Crippen LogP contribution in [0.25, 0.3) is 0 Å². The fraction of sp³-hybridized carbons (Fsp3) is 1.00. The van der Waals surface area contributed by atoms with E-state index in [1.54, 1.807) is 0 Å². The highest BCUT2D eigenvalue weighted by Gasteiger charge is 2.45. The highest BCUT2D eigenvalue weighted by atomic mass is 16.7. The molecule has 9 atom stereocenters. The van der Waals surface area contributed by atoms with Gasteiger partial charge in [-0.25, -0.2) is 0 Å². The lowest BCUT2D eigenvalue weighted by Gasteiger charge is -2.44. The van der Waals surface area contributed by atoms with Gasteiger partial charge in [0, 0.05) is 18.1 Å². The molecule has 0 bridgehead atoms. The van der Waals surface area contributed by atoms with E-state index in [-0.39, 0.29) is 18.2 Å². The number of hydrogen-bond donors (Lipinski definition) is 6. The van der Waals surface area contributed by atoms with Gasteiger partial charge in [0.15, 0.2) is 6.29 Å². The summed E-state index contributed by atoms with van der Waals surface area (Å²) < 4.78 is 11.8. The Kier molecular flexibility index (Phi) is 5.24. The molecule has 0 radical (unpaired) electrons. The molecule has 1 unspecified atom stereocenters. The van der Waals surface area contributed by atoms with Crippen LogP contribution in [0.2, 0.25) is 0 Å². The third-order valence-corrected chi connectivity index (χ3v) is 5.42. The van der Waals surface area contributed by atoms with Crippen molar-refractivity contribution < 1.29 is 19.7 Å². The van der Waals surface area contributed by atoms with E-state index in [9.17, 15) is 10.2 Å². The van der Waals surface area contributed by atoms with Gasteiger partial charge in [0.05, 0.1) is 18.2 Å². The number of hydrogen-bond acceptors (Lipinski definition) is 8. The van der Waals surface area contributed by atoms with Crippen molar-refractivity contribution in [1.82, 2.24) is 0 Å². The topological polar surface area (TPSA) is 163 Å². The predicted octanol–water partition coefficient (Wildman–Crippen LogP) is -2.28. The first kappa shape index (κ1) is 17.5. The fourth-order valence-corrected chi connectivity index (χ4v) is 3.66. The molecule has 8 nitrogen and oxygen atoms in total. The summed E-state index contributed by atoms with van der Waals surface area (Å²) >= 11 is 0. The Morgan fingerprint density at radius 3 is 2.26 bits per heavy atom. The SMILES string of the molecule is N[C@H](C1CC1)C1CC[C@H](N)[C@@H](O[C@H]2[C@H](O)[C@@H](O)[C@H](N)C[C@@H]2N)O1. The first-order chi connectivity index (χ1) is 10.9. The Bertz CT molecular complexity index is 411. The molecular weight excluding hydrogens is 300 g/mol. The summed E-state index contributed by atoms with van der Waals surface area (Å²) in [5.41, 5.74) is 24.1. The smallest absolute Gasteiger partial charge is 0.173 e. The van der Waals surface area contributed by atoms with Crippen LogP contribution >= 0.6 is 0 Å². The summed E-state index contributed by atoms with van der Waals surface area (Å²) in [7, 11) is 0. The van der Waals surface area contributed by atoms with Gasteiger partial charge in [0.2, 0.25) is 0 Å². The highest BCUT2D eigenvalue weighted by Crippen LogP contribution is 2.36. The van der Waals surface area contributed by atoms with E-state index in [0.717, 1.165) is 25.7 Å². The average molecular weight is 330 g/mol. The van der Waals surface area contributed by atoms with Crippen LogP contribution in [-0.2, 0) is 9.47 Å². The molecule has 1 heterocycles. The summed E-state index contributed by atoms with van der Waals surface area (Å²) in [5, 5.41) is 20.2. The maximum absolute atomic E-state index is 10.2. The molecule has 2 saturated carbocycles. The Morgan fingerprint density at radius 1 is 0.913 bits per heavy atom. The van der Waals surface area contributed by atoms with Gasteiger partial charge >= 0.3 is 0 Å². The summed E-state index contributed by atoms with van der Waals surface area (Å²) in [6.45, 7) is 0. The number of aliphatic hydroxyl groups excluding tert-OH is 2. The zero-order valence-corrected chi connectivity index (χ0v) is 13.3. The first-order valence-corrected chi connectivity index (χ1v) is 8.58. The quantitative estimate of drug-likeness (QED) is 0.336. The number of aliphatic hydroxyl groups is 2. The van der Waals surface area contributed by atoms with E-state index in [1.165, 1.54) is 0 Å². The number of nitrogens with two attached hydrogens (primary N) is 4.